The van der Waals surface area contributed by atoms with Gasteiger partial charge in [0.2, 0.25) is 5.88 Å². The topological polar surface area (TPSA) is 73.1 Å². The van der Waals surface area contributed by atoms with Gasteiger partial charge < -0.3 is 10.2 Å². The molecule has 0 aliphatic heterocycles. The zero-order chi connectivity index (χ0) is 13.5. The van der Waals surface area contributed by atoms with Crippen LogP contribution in [-0.4, -0.2) is 16.6 Å². The van der Waals surface area contributed by atoms with Gasteiger partial charge in [0.15, 0.2) is 0 Å². The van der Waals surface area contributed by atoms with Crippen LogP contribution in [0.2, 0.25) is 0 Å². The van der Waals surface area contributed by atoms with Crippen molar-refractivity contribution in [1.29, 1.82) is 0 Å². The van der Waals surface area contributed by atoms with Gasteiger partial charge in [-0.05, 0) is 25.2 Å². The molecule has 1 aromatic rings. The van der Waals surface area contributed by atoms with Crippen molar-refractivity contribution in [2.24, 2.45) is 11.8 Å². The molecule has 1 aliphatic rings. The maximum Gasteiger partial charge on any atom is 0.221 e. The van der Waals surface area contributed by atoms with Gasteiger partial charge in [-0.2, -0.15) is 0 Å². The predicted octanol–water partition coefficient (Wildman–Crippen LogP) is 2.67. The summed E-state index contributed by atoms with van der Waals surface area (Å²) in [5, 5.41) is 0. The molecule has 0 saturated heterocycles. The van der Waals surface area contributed by atoms with Crippen molar-refractivity contribution < 1.29 is 4.74 Å². The minimum atomic E-state index is 0.674. The summed E-state index contributed by atoms with van der Waals surface area (Å²) in [7, 11) is 0. The van der Waals surface area contributed by atoms with Crippen molar-refractivity contribution >= 4 is 5.82 Å². The monoisotopic (exact) mass is 264 g/mol. The highest BCUT2D eigenvalue weighted by atomic mass is 16.5. The number of nitrogens with zero attached hydrogens (tertiary/aromatic N) is 2. The SMILES string of the molecule is CCCc1c(NN)ncnc1OCC1CCCCC1. The molecule has 5 heteroatoms. The van der Waals surface area contributed by atoms with Crippen molar-refractivity contribution in [2.45, 2.75) is 51.9 Å². The van der Waals surface area contributed by atoms with E-state index < -0.39 is 0 Å². The number of hydrogen-bond donors (Lipinski definition) is 2. The van der Waals surface area contributed by atoms with Gasteiger partial charge in [-0.1, -0.05) is 32.6 Å². The first-order valence-corrected chi connectivity index (χ1v) is 7.28. The second-order valence-corrected chi connectivity index (χ2v) is 5.22. The van der Waals surface area contributed by atoms with Crippen LogP contribution in [0.4, 0.5) is 5.82 Å². The smallest absolute Gasteiger partial charge is 0.221 e. The van der Waals surface area contributed by atoms with Crippen LogP contribution in [0.5, 0.6) is 5.88 Å². The quantitative estimate of drug-likeness (QED) is 0.610. The van der Waals surface area contributed by atoms with Gasteiger partial charge in [0.1, 0.15) is 12.1 Å². The minimum Gasteiger partial charge on any atom is -0.477 e. The molecule has 1 saturated carbocycles. The molecule has 0 unspecified atom stereocenters. The van der Waals surface area contributed by atoms with Crippen molar-refractivity contribution in [3.05, 3.63) is 11.9 Å². The first-order valence-electron chi connectivity index (χ1n) is 7.28. The first kappa shape index (κ1) is 14.1. The molecule has 0 atom stereocenters. The number of hydrogen-bond acceptors (Lipinski definition) is 5. The fraction of sp³-hybridized carbons (Fsp3) is 0.714. The molecule has 0 bridgehead atoms. The summed E-state index contributed by atoms with van der Waals surface area (Å²) in [4.78, 5) is 8.41. The normalized spacial score (nSPS) is 16.3. The average Bonchev–Trinajstić information content (AvgIpc) is 2.47. The molecule has 2 rings (SSSR count). The lowest BCUT2D eigenvalue weighted by atomic mass is 9.90. The molecule has 0 spiro atoms. The standard InChI is InChI=1S/C14H24N4O/c1-2-6-12-13(18-15)16-10-17-14(12)19-9-11-7-4-3-5-8-11/h10-11H,2-9,15H2,1H3,(H,16,17,18). The molecule has 19 heavy (non-hydrogen) atoms. The van der Waals surface area contributed by atoms with Gasteiger partial charge in [0.25, 0.3) is 0 Å². The molecule has 0 radical (unpaired) electrons. The Morgan fingerprint density at radius 3 is 2.79 bits per heavy atom. The third-order valence-electron chi connectivity index (χ3n) is 3.72. The molecule has 5 nitrogen and oxygen atoms in total. The fourth-order valence-corrected chi connectivity index (χ4v) is 2.67. The van der Waals surface area contributed by atoms with E-state index in [2.05, 4.69) is 22.3 Å². The first-order chi connectivity index (χ1) is 9.35. The highest BCUT2D eigenvalue weighted by Crippen LogP contribution is 2.27. The van der Waals surface area contributed by atoms with Crippen LogP contribution in [0.25, 0.3) is 0 Å². The second-order valence-electron chi connectivity index (χ2n) is 5.22. The van der Waals surface area contributed by atoms with Crippen LogP contribution >= 0.6 is 0 Å². The molecular weight excluding hydrogens is 240 g/mol. The molecule has 0 amide bonds. The molecule has 1 fully saturated rings. The summed E-state index contributed by atoms with van der Waals surface area (Å²) in [6.07, 6.45) is 9.97. The van der Waals surface area contributed by atoms with E-state index in [1.54, 1.807) is 0 Å². The lowest BCUT2D eigenvalue weighted by molar-refractivity contribution is 0.201. The summed E-state index contributed by atoms with van der Waals surface area (Å²) in [6.45, 7) is 2.88. The third kappa shape index (κ3) is 3.80. The van der Waals surface area contributed by atoms with Crippen molar-refractivity contribution in [1.82, 2.24) is 9.97 Å². The third-order valence-corrected chi connectivity index (χ3v) is 3.72. The molecule has 0 aromatic carbocycles. The predicted molar refractivity (Wildman–Crippen MR) is 75.9 cm³/mol. The average molecular weight is 264 g/mol. The molecule has 1 aliphatic carbocycles. The maximum absolute atomic E-state index is 5.92. The number of nitrogens with two attached hydrogens (primary N) is 1. The number of hydrazine groups is 1. The second kappa shape index (κ2) is 7.28. The van der Waals surface area contributed by atoms with Crippen molar-refractivity contribution in [2.75, 3.05) is 12.0 Å². The number of rotatable bonds is 6. The van der Waals surface area contributed by atoms with E-state index in [0.717, 1.165) is 25.0 Å². The van der Waals surface area contributed by atoms with E-state index >= 15 is 0 Å². The molecule has 1 heterocycles. The van der Waals surface area contributed by atoms with Crippen molar-refractivity contribution in [3.63, 3.8) is 0 Å². The maximum atomic E-state index is 5.92. The van der Waals surface area contributed by atoms with Gasteiger partial charge in [-0.25, -0.2) is 15.8 Å². The minimum absolute atomic E-state index is 0.674. The number of aromatic nitrogens is 2. The van der Waals surface area contributed by atoms with E-state index in [1.165, 1.54) is 38.4 Å². The van der Waals surface area contributed by atoms with Gasteiger partial charge in [0.05, 0.1) is 12.2 Å². The van der Waals surface area contributed by atoms with Gasteiger partial charge >= 0.3 is 0 Å². The highest BCUT2D eigenvalue weighted by Gasteiger charge is 2.16. The van der Waals surface area contributed by atoms with Gasteiger partial charge in [-0.3, -0.25) is 0 Å². The Morgan fingerprint density at radius 1 is 1.32 bits per heavy atom. The molecule has 1 aromatic heterocycles. The summed E-state index contributed by atoms with van der Waals surface area (Å²) in [5.41, 5.74) is 3.62. The van der Waals surface area contributed by atoms with E-state index in [9.17, 15) is 0 Å². The summed E-state index contributed by atoms with van der Waals surface area (Å²) in [5.74, 6) is 7.53. The Morgan fingerprint density at radius 2 is 2.11 bits per heavy atom. The Bertz CT molecular complexity index is 391. The highest BCUT2D eigenvalue weighted by molar-refractivity contribution is 5.47. The summed E-state index contributed by atoms with van der Waals surface area (Å²) >= 11 is 0. The van der Waals surface area contributed by atoms with E-state index in [4.69, 9.17) is 10.6 Å². The molecular formula is C14H24N4O. The van der Waals surface area contributed by atoms with Crippen LogP contribution in [0.1, 0.15) is 51.0 Å². The Balaban J connectivity index is 2.01. The number of anilines is 1. The summed E-state index contributed by atoms with van der Waals surface area (Å²) < 4.78 is 5.92. The van der Waals surface area contributed by atoms with Crippen LogP contribution in [0, 0.1) is 5.92 Å². The fourth-order valence-electron chi connectivity index (χ4n) is 2.67. The molecule has 3 N–H and O–H groups in total. The number of nitrogen functional groups attached to an aromatic ring is 1. The Labute approximate surface area is 114 Å². The summed E-state index contributed by atoms with van der Waals surface area (Å²) in [6, 6.07) is 0. The van der Waals surface area contributed by atoms with E-state index in [0.29, 0.717) is 17.6 Å². The Hall–Kier alpha value is -1.36. The van der Waals surface area contributed by atoms with Crippen molar-refractivity contribution in [3.8, 4) is 5.88 Å². The lowest BCUT2D eigenvalue weighted by Gasteiger charge is -2.22. The molecule has 106 valence electrons. The van der Waals surface area contributed by atoms with E-state index in [-0.39, 0.29) is 0 Å². The number of nitrogens with one attached hydrogen (secondary N) is 1. The van der Waals surface area contributed by atoms with Crippen LogP contribution in [0.3, 0.4) is 0 Å². The van der Waals surface area contributed by atoms with Crippen LogP contribution in [-0.2, 0) is 6.42 Å². The van der Waals surface area contributed by atoms with E-state index in [1.807, 2.05) is 0 Å². The Kier molecular flexibility index (Phi) is 5.39. The number of ether oxygens (including phenoxy) is 1. The van der Waals surface area contributed by atoms with Gasteiger partial charge in [-0.15, -0.1) is 0 Å². The lowest BCUT2D eigenvalue weighted by Crippen LogP contribution is -2.18. The van der Waals surface area contributed by atoms with Crippen LogP contribution in [0.15, 0.2) is 6.33 Å². The zero-order valence-corrected chi connectivity index (χ0v) is 11.7. The largest absolute Gasteiger partial charge is 0.477 e. The zero-order valence-electron chi connectivity index (χ0n) is 11.7. The van der Waals surface area contributed by atoms with Crippen LogP contribution < -0.4 is 16.0 Å². The van der Waals surface area contributed by atoms with Gasteiger partial charge in [0, 0.05) is 0 Å².